The largest absolute Gasteiger partial charge is 0.316 e. The highest BCUT2D eigenvalue weighted by molar-refractivity contribution is 9.10. The van der Waals surface area contributed by atoms with Gasteiger partial charge in [0, 0.05) is 4.47 Å². The van der Waals surface area contributed by atoms with Gasteiger partial charge in [-0.05, 0) is 67.8 Å². The molecule has 2 atom stereocenters. The van der Waals surface area contributed by atoms with E-state index in [0.717, 1.165) is 5.92 Å². The summed E-state index contributed by atoms with van der Waals surface area (Å²) < 4.78 is 1.29. The van der Waals surface area contributed by atoms with Crippen molar-refractivity contribution < 1.29 is 0 Å². The molecule has 0 aromatic heterocycles. The van der Waals surface area contributed by atoms with Crippen LogP contribution in [0.4, 0.5) is 0 Å². The molecule has 1 aromatic carbocycles. The summed E-state index contributed by atoms with van der Waals surface area (Å²) in [5.74, 6) is 1.46. The zero-order valence-corrected chi connectivity index (χ0v) is 13.1. The summed E-state index contributed by atoms with van der Waals surface area (Å²) in [6, 6.07) is 6.96. The van der Waals surface area contributed by atoms with Crippen LogP contribution >= 0.6 is 15.9 Å². The van der Waals surface area contributed by atoms with E-state index in [4.69, 9.17) is 0 Å². The first-order valence-corrected chi connectivity index (χ1v) is 7.99. The van der Waals surface area contributed by atoms with E-state index in [0.29, 0.717) is 5.92 Å². The van der Waals surface area contributed by atoms with E-state index in [2.05, 4.69) is 53.3 Å². The molecule has 0 saturated carbocycles. The van der Waals surface area contributed by atoms with Crippen molar-refractivity contribution in [1.29, 1.82) is 0 Å². The molecule has 0 amide bonds. The summed E-state index contributed by atoms with van der Waals surface area (Å²) >= 11 is 3.74. The van der Waals surface area contributed by atoms with Crippen LogP contribution in [0.1, 0.15) is 50.2 Å². The first kappa shape index (κ1) is 14.1. The van der Waals surface area contributed by atoms with Crippen LogP contribution in [-0.2, 0) is 6.42 Å². The van der Waals surface area contributed by atoms with Crippen molar-refractivity contribution in [1.82, 2.24) is 5.32 Å². The Morgan fingerprint density at radius 2 is 2.28 bits per heavy atom. The Morgan fingerprint density at radius 3 is 2.89 bits per heavy atom. The third-order valence-electron chi connectivity index (χ3n) is 4.13. The average molecular weight is 310 g/mol. The lowest BCUT2D eigenvalue weighted by Crippen LogP contribution is -2.30. The number of halogens is 1. The van der Waals surface area contributed by atoms with Crippen LogP contribution in [0.5, 0.6) is 0 Å². The van der Waals surface area contributed by atoms with E-state index in [1.807, 2.05) is 0 Å². The monoisotopic (exact) mass is 309 g/mol. The average Bonchev–Trinajstić information content (AvgIpc) is 2.39. The van der Waals surface area contributed by atoms with Gasteiger partial charge in [0.1, 0.15) is 0 Å². The van der Waals surface area contributed by atoms with Crippen molar-refractivity contribution in [2.24, 2.45) is 5.92 Å². The molecule has 1 aliphatic heterocycles. The minimum Gasteiger partial charge on any atom is -0.316 e. The van der Waals surface area contributed by atoms with Gasteiger partial charge in [-0.2, -0.15) is 0 Å². The summed E-state index contributed by atoms with van der Waals surface area (Å²) in [5.41, 5.74) is 2.92. The van der Waals surface area contributed by atoms with E-state index in [1.165, 1.54) is 54.4 Å². The predicted molar refractivity (Wildman–Crippen MR) is 82.1 cm³/mol. The molecule has 1 saturated heterocycles. The highest BCUT2D eigenvalue weighted by Gasteiger charge is 2.14. The van der Waals surface area contributed by atoms with Gasteiger partial charge in [-0.1, -0.05) is 41.9 Å². The molecule has 0 spiro atoms. The lowest BCUT2D eigenvalue weighted by atomic mass is 9.91. The standard InChI is InChI=1S/C16H24BrN/c1-3-12(2)15-7-6-13(10-16(15)17)9-14-5-4-8-18-11-14/h6-7,10,12,14,18H,3-5,8-9,11H2,1-2H3. The van der Waals surface area contributed by atoms with Gasteiger partial charge in [0.25, 0.3) is 0 Å². The first-order valence-electron chi connectivity index (χ1n) is 7.19. The molecule has 100 valence electrons. The quantitative estimate of drug-likeness (QED) is 0.863. The van der Waals surface area contributed by atoms with Crippen molar-refractivity contribution in [3.05, 3.63) is 33.8 Å². The minimum atomic E-state index is 0.643. The minimum absolute atomic E-state index is 0.643. The van der Waals surface area contributed by atoms with Crippen LogP contribution in [0.3, 0.4) is 0 Å². The molecule has 1 nitrogen and oxygen atoms in total. The molecule has 18 heavy (non-hydrogen) atoms. The molecule has 1 N–H and O–H groups in total. The third kappa shape index (κ3) is 3.58. The fourth-order valence-corrected chi connectivity index (χ4v) is 3.57. The zero-order chi connectivity index (χ0) is 13.0. The Labute approximate surface area is 119 Å². The maximum Gasteiger partial charge on any atom is 0.0212 e. The zero-order valence-electron chi connectivity index (χ0n) is 11.5. The van der Waals surface area contributed by atoms with Crippen LogP contribution in [0.25, 0.3) is 0 Å². The molecule has 0 radical (unpaired) electrons. The summed E-state index contributed by atoms with van der Waals surface area (Å²) in [4.78, 5) is 0. The molecule has 2 heteroatoms. The van der Waals surface area contributed by atoms with Gasteiger partial charge in [-0.3, -0.25) is 0 Å². The Morgan fingerprint density at radius 1 is 1.44 bits per heavy atom. The fraction of sp³-hybridized carbons (Fsp3) is 0.625. The van der Waals surface area contributed by atoms with Gasteiger partial charge in [-0.15, -0.1) is 0 Å². The fourth-order valence-electron chi connectivity index (χ4n) is 2.75. The van der Waals surface area contributed by atoms with Crippen LogP contribution in [-0.4, -0.2) is 13.1 Å². The maximum atomic E-state index is 3.74. The number of benzene rings is 1. The first-order chi connectivity index (χ1) is 8.70. The normalized spacial score (nSPS) is 21.8. The molecule has 2 rings (SSSR count). The SMILES string of the molecule is CCC(C)c1ccc(CC2CCCNC2)cc1Br. The van der Waals surface area contributed by atoms with Crippen molar-refractivity contribution in [3.63, 3.8) is 0 Å². The van der Waals surface area contributed by atoms with Crippen LogP contribution in [0.15, 0.2) is 22.7 Å². The number of hydrogen-bond donors (Lipinski definition) is 1. The lowest BCUT2D eigenvalue weighted by molar-refractivity contribution is 0.376. The van der Waals surface area contributed by atoms with Crippen molar-refractivity contribution in [2.75, 3.05) is 13.1 Å². The van der Waals surface area contributed by atoms with Crippen molar-refractivity contribution >= 4 is 15.9 Å². The summed E-state index contributed by atoms with van der Waals surface area (Å²) in [6.45, 7) is 6.93. The van der Waals surface area contributed by atoms with Gasteiger partial charge in [-0.25, -0.2) is 0 Å². The molecule has 0 aliphatic carbocycles. The van der Waals surface area contributed by atoms with Crippen LogP contribution in [0, 0.1) is 5.92 Å². The summed E-state index contributed by atoms with van der Waals surface area (Å²) in [7, 11) is 0. The molecule has 0 bridgehead atoms. The molecular formula is C16H24BrN. The number of nitrogens with one attached hydrogen (secondary N) is 1. The van der Waals surface area contributed by atoms with E-state index in [9.17, 15) is 0 Å². The van der Waals surface area contributed by atoms with Crippen LogP contribution in [0.2, 0.25) is 0 Å². The van der Waals surface area contributed by atoms with E-state index in [-0.39, 0.29) is 0 Å². The van der Waals surface area contributed by atoms with E-state index >= 15 is 0 Å². The van der Waals surface area contributed by atoms with Gasteiger partial charge < -0.3 is 5.32 Å². The van der Waals surface area contributed by atoms with Crippen molar-refractivity contribution in [2.45, 2.75) is 45.4 Å². The Hall–Kier alpha value is -0.340. The molecule has 2 unspecified atom stereocenters. The Balaban J connectivity index is 2.03. The molecule has 1 fully saturated rings. The van der Waals surface area contributed by atoms with Gasteiger partial charge in [0.05, 0.1) is 0 Å². The predicted octanol–water partition coefficient (Wildman–Crippen LogP) is 4.50. The molecule has 1 aromatic rings. The van der Waals surface area contributed by atoms with Gasteiger partial charge >= 0.3 is 0 Å². The summed E-state index contributed by atoms with van der Waals surface area (Å²) in [6.07, 6.45) is 5.12. The number of hydrogen-bond acceptors (Lipinski definition) is 1. The van der Waals surface area contributed by atoms with Crippen LogP contribution < -0.4 is 5.32 Å². The van der Waals surface area contributed by atoms with E-state index < -0.39 is 0 Å². The molecular weight excluding hydrogens is 286 g/mol. The van der Waals surface area contributed by atoms with Crippen molar-refractivity contribution in [3.8, 4) is 0 Å². The molecule has 1 heterocycles. The highest BCUT2D eigenvalue weighted by atomic mass is 79.9. The Kier molecular flexibility index (Phi) is 5.25. The smallest absolute Gasteiger partial charge is 0.0212 e. The summed E-state index contributed by atoms with van der Waals surface area (Å²) in [5, 5.41) is 3.50. The van der Waals surface area contributed by atoms with Gasteiger partial charge in [0.15, 0.2) is 0 Å². The number of piperidine rings is 1. The highest BCUT2D eigenvalue weighted by Crippen LogP contribution is 2.29. The second-order valence-electron chi connectivity index (χ2n) is 5.58. The second-order valence-corrected chi connectivity index (χ2v) is 6.44. The lowest BCUT2D eigenvalue weighted by Gasteiger charge is -2.23. The maximum absolute atomic E-state index is 3.74. The second kappa shape index (κ2) is 6.72. The number of rotatable bonds is 4. The third-order valence-corrected chi connectivity index (χ3v) is 4.82. The Bertz CT molecular complexity index is 383. The molecule has 1 aliphatic rings. The van der Waals surface area contributed by atoms with Gasteiger partial charge in [0.2, 0.25) is 0 Å². The topological polar surface area (TPSA) is 12.0 Å². The van der Waals surface area contributed by atoms with E-state index in [1.54, 1.807) is 0 Å².